The van der Waals surface area contributed by atoms with Crippen LogP contribution in [0.15, 0.2) is 30.6 Å². The molecule has 78 valence electrons. The number of nitrogens with zero attached hydrogens (tertiary/aromatic N) is 1. The predicted octanol–water partition coefficient (Wildman–Crippen LogP) is 1.28. The van der Waals surface area contributed by atoms with Crippen molar-refractivity contribution >= 4 is 5.82 Å². The maximum Gasteiger partial charge on any atom is 0.148 e. The molecule has 15 heavy (non-hydrogen) atoms. The zero-order valence-electron chi connectivity index (χ0n) is 7.97. The molecule has 0 bridgehead atoms. The highest BCUT2D eigenvalue weighted by molar-refractivity contribution is 5.35. The predicted molar refractivity (Wildman–Crippen MR) is 55.4 cm³/mol. The Kier molecular flexibility index (Phi) is 2.45. The molecule has 5 heteroatoms. The molecule has 0 saturated heterocycles. The molecule has 1 aromatic carbocycles. The van der Waals surface area contributed by atoms with E-state index >= 15 is 0 Å². The molecule has 0 unspecified atom stereocenters. The zero-order chi connectivity index (χ0) is 10.7. The number of nitrogen functional groups attached to an aromatic ring is 1. The molecular weight excluding hydrogens is 194 g/mol. The van der Waals surface area contributed by atoms with Crippen LogP contribution >= 0.6 is 0 Å². The lowest BCUT2D eigenvalue weighted by Gasteiger charge is -2.05. The first-order valence-electron chi connectivity index (χ1n) is 4.45. The molecule has 0 amide bonds. The third kappa shape index (κ3) is 2.19. The average molecular weight is 205 g/mol. The van der Waals surface area contributed by atoms with E-state index in [4.69, 9.17) is 10.5 Å². The maximum atomic E-state index is 9.20. The molecule has 0 atom stereocenters. The first-order chi connectivity index (χ1) is 7.25. The van der Waals surface area contributed by atoms with E-state index in [1.165, 1.54) is 12.4 Å². The number of benzene rings is 1. The van der Waals surface area contributed by atoms with Gasteiger partial charge in [-0.15, -0.1) is 0 Å². The van der Waals surface area contributed by atoms with Crippen molar-refractivity contribution in [2.45, 2.75) is 6.61 Å². The van der Waals surface area contributed by atoms with Crippen molar-refractivity contribution in [3.8, 4) is 11.5 Å². The van der Waals surface area contributed by atoms with Crippen molar-refractivity contribution in [1.29, 1.82) is 0 Å². The number of imidazole rings is 1. The van der Waals surface area contributed by atoms with E-state index < -0.39 is 0 Å². The largest absolute Gasteiger partial charge is 0.508 e. The van der Waals surface area contributed by atoms with Gasteiger partial charge in [-0.1, -0.05) is 6.07 Å². The first-order valence-corrected chi connectivity index (χ1v) is 4.45. The van der Waals surface area contributed by atoms with Crippen LogP contribution in [0.1, 0.15) is 5.69 Å². The fraction of sp³-hybridized carbons (Fsp3) is 0.100. The van der Waals surface area contributed by atoms with Crippen LogP contribution in [0, 0.1) is 0 Å². The summed E-state index contributed by atoms with van der Waals surface area (Å²) in [5, 5.41) is 9.20. The molecule has 1 aromatic heterocycles. The summed E-state index contributed by atoms with van der Waals surface area (Å²) in [6.45, 7) is 0.301. The number of aromatic hydroxyl groups is 1. The minimum atomic E-state index is 0.171. The number of aromatic amines is 1. The Morgan fingerprint density at radius 1 is 1.47 bits per heavy atom. The fourth-order valence-corrected chi connectivity index (χ4v) is 1.18. The summed E-state index contributed by atoms with van der Waals surface area (Å²) in [6, 6.07) is 6.58. The second-order valence-corrected chi connectivity index (χ2v) is 3.05. The summed E-state index contributed by atoms with van der Waals surface area (Å²) in [5.74, 6) is 1.18. The number of hydrogen-bond acceptors (Lipinski definition) is 4. The number of rotatable bonds is 3. The standard InChI is InChI=1S/C10H11N3O2/c11-10-9(12-6-13-10)5-15-8-3-1-2-7(14)4-8/h1-4,6,14H,5,11H2,(H,12,13). The molecule has 0 radical (unpaired) electrons. The van der Waals surface area contributed by atoms with Crippen LogP contribution in [0.5, 0.6) is 11.5 Å². The topological polar surface area (TPSA) is 84.2 Å². The highest BCUT2D eigenvalue weighted by Crippen LogP contribution is 2.19. The Hall–Kier alpha value is -2.17. The number of phenolic OH excluding ortho intramolecular Hbond substituents is 1. The summed E-state index contributed by atoms with van der Waals surface area (Å²) in [6.07, 6.45) is 1.51. The Morgan fingerprint density at radius 2 is 2.33 bits per heavy atom. The summed E-state index contributed by atoms with van der Waals surface area (Å²) < 4.78 is 5.40. The maximum absolute atomic E-state index is 9.20. The van der Waals surface area contributed by atoms with Gasteiger partial charge in [0.1, 0.15) is 23.9 Å². The first kappa shape index (κ1) is 9.39. The molecule has 5 nitrogen and oxygen atoms in total. The number of H-pyrrole nitrogens is 1. The molecule has 1 heterocycles. The minimum Gasteiger partial charge on any atom is -0.508 e. The van der Waals surface area contributed by atoms with E-state index in [0.29, 0.717) is 18.2 Å². The van der Waals surface area contributed by atoms with Gasteiger partial charge in [-0.2, -0.15) is 0 Å². The van der Waals surface area contributed by atoms with E-state index in [1.54, 1.807) is 18.2 Å². The Morgan fingerprint density at radius 3 is 3.00 bits per heavy atom. The summed E-state index contributed by atoms with van der Waals surface area (Å²) in [4.78, 5) is 6.71. The van der Waals surface area contributed by atoms with Gasteiger partial charge in [-0.25, -0.2) is 4.98 Å². The summed E-state index contributed by atoms with van der Waals surface area (Å²) >= 11 is 0. The minimum absolute atomic E-state index is 0.171. The van der Waals surface area contributed by atoms with E-state index in [0.717, 1.165) is 5.69 Å². The van der Waals surface area contributed by atoms with Crippen molar-refractivity contribution in [3.63, 3.8) is 0 Å². The number of nitrogens with one attached hydrogen (secondary N) is 1. The quantitative estimate of drug-likeness (QED) is 0.704. The normalized spacial score (nSPS) is 10.1. The SMILES string of the molecule is Nc1nc[nH]c1COc1cccc(O)c1. The number of anilines is 1. The molecule has 0 fully saturated rings. The van der Waals surface area contributed by atoms with Crippen LogP contribution in [0.25, 0.3) is 0 Å². The molecule has 0 saturated carbocycles. The number of ether oxygens (including phenoxy) is 1. The Bertz CT molecular complexity index is 453. The third-order valence-corrected chi connectivity index (χ3v) is 1.95. The second kappa shape index (κ2) is 3.91. The zero-order valence-corrected chi connectivity index (χ0v) is 7.97. The number of aromatic nitrogens is 2. The van der Waals surface area contributed by atoms with E-state index in [2.05, 4.69) is 9.97 Å². The number of hydrogen-bond donors (Lipinski definition) is 3. The Labute approximate surface area is 86.5 Å². The molecular formula is C10H11N3O2. The summed E-state index contributed by atoms with van der Waals surface area (Å²) in [7, 11) is 0. The molecule has 4 N–H and O–H groups in total. The molecule has 2 rings (SSSR count). The van der Waals surface area contributed by atoms with E-state index in [9.17, 15) is 5.11 Å². The van der Waals surface area contributed by atoms with Crippen LogP contribution < -0.4 is 10.5 Å². The van der Waals surface area contributed by atoms with Gasteiger partial charge in [0.25, 0.3) is 0 Å². The highest BCUT2D eigenvalue weighted by Gasteiger charge is 2.02. The number of phenols is 1. The van der Waals surface area contributed by atoms with Gasteiger partial charge in [-0.05, 0) is 12.1 Å². The van der Waals surface area contributed by atoms with E-state index in [1.807, 2.05) is 0 Å². The highest BCUT2D eigenvalue weighted by atomic mass is 16.5. The van der Waals surface area contributed by atoms with Crippen molar-refractivity contribution in [2.24, 2.45) is 0 Å². The van der Waals surface area contributed by atoms with Gasteiger partial charge < -0.3 is 20.6 Å². The third-order valence-electron chi connectivity index (χ3n) is 1.95. The van der Waals surface area contributed by atoms with Gasteiger partial charge >= 0.3 is 0 Å². The van der Waals surface area contributed by atoms with Crippen molar-refractivity contribution in [2.75, 3.05) is 5.73 Å². The van der Waals surface area contributed by atoms with Crippen LogP contribution in [0.3, 0.4) is 0 Å². The van der Waals surface area contributed by atoms with E-state index in [-0.39, 0.29) is 5.75 Å². The van der Waals surface area contributed by atoms with Crippen LogP contribution in [0.4, 0.5) is 5.82 Å². The van der Waals surface area contributed by atoms with Gasteiger partial charge in [-0.3, -0.25) is 0 Å². The van der Waals surface area contributed by atoms with Crippen LogP contribution in [0.2, 0.25) is 0 Å². The fourth-order valence-electron chi connectivity index (χ4n) is 1.18. The molecule has 0 aliphatic heterocycles. The lowest BCUT2D eigenvalue weighted by Crippen LogP contribution is -1.99. The monoisotopic (exact) mass is 205 g/mol. The van der Waals surface area contributed by atoms with Crippen LogP contribution in [-0.4, -0.2) is 15.1 Å². The molecule has 0 aliphatic carbocycles. The second-order valence-electron chi connectivity index (χ2n) is 3.05. The van der Waals surface area contributed by atoms with Crippen LogP contribution in [-0.2, 0) is 6.61 Å². The van der Waals surface area contributed by atoms with Gasteiger partial charge in [0.15, 0.2) is 0 Å². The molecule has 0 spiro atoms. The van der Waals surface area contributed by atoms with Crippen molar-refractivity contribution in [1.82, 2.24) is 9.97 Å². The van der Waals surface area contributed by atoms with Crippen molar-refractivity contribution in [3.05, 3.63) is 36.3 Å². The van der Waals surface area contributed by atoms with Gasteiger partial charge in [0.05, 0.1) is 12.0 Å². The average Bonchev–Trinajstić information content (AvgIpc) is 2.61. The van der Waals surface area contributed by atoms with Crippen molar-refractivity contribution < 1.29 is 9.84 Å². The molecule has 0 aliphatic rings. The molecule has 2 aromatic rings. The lowest BCUT2D eigenvalue weighted by molar-refractivity contribution is 0.301. The smallest absolute Gasteiger partial charge is 0.148 e. The van der Waals surface area contributed by atoms with Gasteiger partial charge in [0, 0.05) is 6.07 Å². The lowest BCUT2D eigenvalue weighted by atomic mass is 10.3. The Balaban J connectivity index is 2.02. The number of nitrogens with two attached hydrogens (primary N) is 1. The van der Waals surface area contributed by atoms with Gasteiger partial charge in [0.2, 0.25) is 0 Å². The summed E-state index contributed by atoms with van der Waals surface area (Å²) in [5.41, 5.74) is 6.28.